The quantitative estimate of drug-likeness (QED) is 0.602. The third kappa shape index (κ3) is 5.42. The summed E-state index contributed by atoms with van der Waals surface area (Å²) in [5.41, 5.74) is 0.857. The van der Waals surface area contributed by atoms with Crippen LogP contribution in [0.25, 0.3) is 5.57 Å². The highest BCUT2D eigenvalue weighted by atomic mass is 19.4. The van der Waals surface area contributed by atoms with E-state index in [4.69, 9.17) is 4.74 Å². The van der Waals surface area contributed by atoms with Crippen LogP contribution in [-0.2, 0) is 14.3 Å². The van der Waals surface area contributed by atoms with Gasteiger partial charge in [0.1, 0.15) is 11.6 Å². The van der Waals surface area contributed by atoms with E-state index in [1.807, 2.05) is 0 Å². The Morgan fingerprint density at radius 1 is 1.29 bits per heavy atom. The summed E-state index contributed by atoms with van der Waals surface area (Å²) in [5.74, 6) is -3.77. The fourth-order valence-electron chi connectivity index (χ4n) is 3.65. The second-order valence-corrected chi connectivity index (χ2v) is 7.35. The number of carboxylic acids is 1. The van der Waals surface area contributed by atoms with Crippen molar-refractivity contribution in [2.45, 2.75) is 38.1 Å². The van der Waals surface area contributed by atoms with Gasteiger partial charge in [0.2, 0.25) is 5.79 Å². The fraction of sp³-hybridized carbons (Fsp3) is 0.364. The van der Waals surface area contributed by atoms with Gasteiger partial charge in [0.25, 0.3) is 0 Å². The number of carboxylic acid groups (broad SMARTS) is 1. The van der Waals surface area contributed by atoms with E-state index in [0.717, 1.165) is 0 Å². The number of hydrogen-bond donors (Lipinski definition) is 2. The molecule has 0 radical (unpaired) electrons. The van der Waals surface area contributed by atoms with Crippen LogP contribution >= 0.6 is 0 Å². The molecule has 1 aliphatic heterocycles. The zero-order chi connectivity index (χ0) is 22.7. The summed E-state index contributed by atoms with van der Waals surface area (Å²) < 4.78 is 48.3. The lowest BCUT2D eigenvalue weighted by Crippen LogP contribution is -2.45. The smallest absolute Gasteiger partial charge is 0.481 e. The van der Waals surface area contributed by atoms with Crippen LogP contribution in [0.1, 0.15) is 25.8 Å². The van der Waals surface area contributed by atoms with Gasteiger partial charge in [-0.05, 0) is 49.3 Å². The molecule has 31 heavy (non-hydrogen) atoms. The number of anilines is 1. The lowest BCUT2D eigenvalue weighted by atomic mass is 9.91. The summed E-state index contributed by atoms with van der Waals surface area (Å²) in [6.07, 6.45) is 4.16. The maximum absolute atomic E-state index is 12.9. The number of nitrogens with one attached hydrogen (secondary N) is 1. The molecule has 3 rings (SSSR count). The van der Waals surface area contributed by atoms with Gasteiger partial charge in [0.15, 0.2) is 0 Å². The molecule has 3 atom stereocenters. The summed E-state index contributed by atoms with van der Waals surface area (Å²) in [6.45, 7) is 3.33. The minimum atomic E-state index is -4.85. The fourth-order valence-corrected chi connectivity index (χ4v) is 3.65. The van der Waals surface area contributed by atoms with Crippen molar-refractivity contribution >= 4 is 23.4 Å². The van der Waals surface area contributed by atoms with E-state index in [-0.39, 0.29) is 13.0 Å². The molecule has 1 aliphatic carbocycles. The van der Waals surface area contributed by atoms with Crippen LogP contribution in [0.5, 0.6) is 0 Å². The Morgan fingerprint density at radius 3 is 2.61 bits per heavy atom. The largest absolute Gasteiger partial charge is 0.525 e. The minimum Gasteiger partial charge on any atom is -0.481 e. The Morgan fingerprint density at radius 2 is 2.00 bits per heavy atom. The van der Waals surface area contributed by atoms with Gasteiger partial charge in [-0.2, -0.15) is 0 Å². The van der Waals surface area contributed by atoms with Crippen LogP contribution < -0.4 is 5.32 Å². The second kappa shape index (κ2) is 8.68. The molecule has 6 nitrogen and oxygen atoms in total. The first-order valence-electron chi connectivity index (χ1n) is 9.68. The number of dihydropyridines is 1. The highest BCUT2D eigenvalue weighted by Crippen LogP contribution is 2.38. The number of rotatable bonds is 7. The van der Waals surface area contributed by atoms with Crippen LogP contribution in [0.3, 0.4) is 0 Å². The Bertz CT molecular complexity index is 937. The number of halogens is 3. The molecule has 0 fully saturated rings. The number of nitrogens with zero attached hydrogens (tertiary/aromatic N) is 1. The second-order valence-electron chi connectivity index (χ2n) is 7.35. The average molecular weight is 436 g/mol. The molecule has 0 bridgehead atoms. The summed E-state index contributed by atoms with van der Waals surface area (Å²) >= 11 is 0. The van der Waals surface area contributed by atoms with Crippen molar-refractivity contribution in [2.75, 3.05) is 11.9 Å². The first-order valence-corrected chi connectivity index (χ1v) is 9.68. The first-order chi connectivity index (χ1) is 14.6. The third-order valence-electron chi connectivity index (χ3n) is 5.02. The average Bonchev–Trinajstić information content (AvgIpc) is 2.67. The molecule has 1 heterocycles. The van der Waals surface area contributed by atoms with Crippen molar-refractivity contribution in [3.8, 4) is 0 Å². The van der Waals surface area contributed by atoms with Crippen LogP contribution in [0.15, 0.2) is 59.6 Å². The van der Waals surface area contributed by atoms with Crippen molar-refractivity contribution in [2.24, 2.45) is 10.9 Å². The summed E-state index contributed by atoms with van der Waals surface area (Å²) in [6, 6.07) is 6.91. The van der Waals surface area contributed by atoms with E-state index < -0.39 is 29.7 Å². The van der Waals surface area contributed by atoms with Gasteiger partial charge in [-0.3, -0.25) is 14.5 Å². The molecular formula is C22H23F3N2O4. The van der Waals surface area contributed by atoms with Crippen molar-refractivity contribution in [3.05, 3.63) is 60.2 Å². The molecule has 9 heteroatoms. The SMILES string of the molecule is CCOC1(OC(F)(F)F)C=CC=C(c2ccc(NC3(C)N=CC=CC3C(=O)O)cc2)C1. The van der Waals surface area contributed by atoms with Crippen molar-refractivity contribution < 1.29 is 32.5 Å². The number of allylic oxidation sites excluding steroid dienone is 3. The Kier molecular flexibility index (Phi) is 6.38. The predicted octanol–water partition coefficient (Wildman–Crippen LogP) is 4.77. The van der Waals surface area contributed by atoms with Crippen molar-refractivity contribution in [3.63, 3.8) is 0 Å². The number of hydrogen-bond acceptors (Lipinski definition) is 5. The van der Waals surface area contributed by atoms with Gasteiger partial charge in [-0.1, -0.05) is 30.4 Å². The lowest BCUT2D eigenvalue weighted by molar-refractivity contribution is -0.402. The van der Waals surface area contributed by atoms with Crippen molar-refractivity contribution in [1.82, 2.24) is 0 Å². The van der Waals surface area contributed by atoms with E-state index in [9.17, 15) is 23.1 Å². The standard InChI is InChI=1S/C22H23F3N2O4/c1-3-30-21(31-22(23,24)25)12-4-6-16(14-21)15-8-10-17(11-9-15)27-20(2)18(19(28)29)7-5-13-26-20/h4-13,18,27H,3,14H2,1-2H3,(H,28,29). The van der Waals surface area contributed by atoms with Gasteiger partial charge < -0.3 is 15.2 Å². The minimum absolute atomic E-state index is 0.0504. The highest BCUT2D eigenvalue weighted by molar-refractivity contribution is 5.82. The molecule has 2 N–H and O–H groups in total. The van der Waals surface area contributed by atoms with Crippen LogP contribution in [0.2, 0.25) is 0 Å². The molecule has 2 aliphatic rings. The first kappa shape index (κ1) is 22.8. The maximum atomic E-state index is 12.9. The van der Waals surface area contributed by atoms with Gasteiger partial charge in [0.05, 0.1) is 0 Å². The van der Waals surface area contributed by atoms with Crippen LogP contribution in [0, 0.1) is 5.92 Å². The molecule has 0 aromatic heterocycles. The molecule has 1 aromatic carbocycles. The molecule has 0 amide bonds. The maximum Gasteiger partial charge on any atom is 0.525 e. The number of ether oxygens (including phenoxy) is 2. The molecule has 0 saturated heterocycles. The third-order valence-corrected chi connectivity index (χ3v) is 5.02. The summed E-state index contributed by atoms with van der Waals surface area (Å²) in [4.78, 5) is 15.8. The Hall–Kier alpha value is -2.91. The van der Waals surface area contributed by atoms with Gasteiger partial charge >= 0.3 is 12.3 Å². The van der Waals surface area contributed by atoms with Gasteiger partial charge in [-0.25, -0.2) is 0 Å². The van der Waals surface area contributed by atoms with E-state index in [1.165, 1.54) is 18.4 Å². The number of carbonyl (C=O) groups is 1. The van der Waals surface area contributed by atoms with Crippen molar-refractivity contribution in [1.29, 1.82) is 0 Å². The summed E-state index contributed by atoms with van der Waals surface area (Å²) in [5, 5.41) is 12.6. The monoisotopic (exact) mass is 436 g/mol. The zero-order valence-corrected chi connectivity index (χ0v) is 17.0. The molecule has 0 spiro atoms. The van der Waals surface area contributed by atoms with Gasteiger partial charge in [0, 0.05) is 24.9 Å². The highest BCUT2D eigenvalue weighted by Gasteiger charge is 2.44. The number of alkyl halides is 3. The number of aliphatic carboxylic acids is 1. The molecule has 1 aromatic rings. The predicted molar refractivity (Wildman–Crippen MR) is 110 cm³/mol. The normalized spacial score (nSPS) is 27.8. The van der Waals surface area contributed by atoms with E-state index >= 15 is 0 Å². The van der Waals surface area contributed by atoms with Crippen LogP contribution in [-0.4, -0.2) is 41.7 Å². The van der Waals surface area contributed by atoms with E-state index in [1.54, 1.807) is 56.3 Å². The molecular weight excluding hydrogens is 413 g/mol. The number of aliphatic imine (C=N–C) groups is 1. The molecule has 166 valence electrons. The topological polar surface area (TPSA) is 80.2 Å². The Balaban J connectivity index is 1.78. The molecule has 0 saturated carbocycles. The van der Waals surface area contributed by atoms with E-state index in [2.05, 4.69) is 15.0 Å². The van der Waals surface area contributed by atoms with E-state index in [0.29, 0.717) is 16.8 Å². The molecule has 3 unspecified atom stereocenters. The lowest BCUT2D eigenvalue weighted by Gasteiger charge is -2.34. The zero-order valence-electron chi connectivity index (χ0n) is 17.0. The van der Waals surface area contributed by atoms with Crippen LogP contribution in [0.4, 0.5) is 18.9 Å². The summed E-state index contributed by atoms with van der Waals surface area (Å²) in [7, 11) is 0. The number of benzene rings is 1. The Labute approximate surface area is 177 Å². The van der Waals surface area contributed by atoms with Gasteiger partial charge in [-0.15, -0.1) is 13.2 Å².